The molecule has 0 aliphatic carbocycles. The molecule has 2 rings (SSSR count). The SMILES string of the molecule is CNCCCc1ncc(-c2cc(F)c(F)cc2[N+](=O)[O-])o1. The second-order valence-electron chi connectivity index (χ2n) is 4.37. The zero-order chi connectivity index (χ0) is 15.4. The zero-order valence-corrected chi connectivity index (χ0v) is 11.2. The first kappa shape index (κ1) is 15.0. The summed E-state index contributed by atoms with van der Waals surface area (Å²) in [5, 5.41) is 13.9. The Bertz CT molecular complexity index is 658. The highest BCUT2D eigenvalue weighted by Crippen LogP contribution is 2.32. The minimum Gasteiger partial charge on any atom is -0.440 e. The van der Waals surface area contributed by atoms with E-state index >= 15 is 0 Å². The van der Waals surface area contributed by atoms with Crippen molar-refractivity contribution in [2.24, 2.45) is 0 Å². The fraction of sp³-hybridized carbons (Fsp3) is 0.308. The van der Waals surface area contributed by atoms with E-state index in [1.165, 1.54) is 6.20 Å². The average Bonchev–Trinajstić information content (AvgIpc) is 2.90. The van der Waals surface area contributed by atoms with Crippen LogP contribution in [0.25, 0.3) is 11.3 Å². The molecule has 8 heteroatoms. The molecule has 1 aromatic heterocycles. The maximum atomic E-state index is 13.3. The highest BCUT2D eigenvalue weighted by Gasteiger charge is 2.22. The number of benzene rings is 1. The van der Waals surface area contributed by atoms with Crippen LogP contribution in [0.1, 0.15) is 12.3 Å². The van der Waals surface area contributed by atoms with E-state index in [-0.39, 0.29) is 11.3 Å². The molecule has 0 saturated carbocycles. The van der Waals surface area contributed by atoms with Gasteiger partial charge >= 0.3 is 0 Å². The fourth-order valence-electron chi connectivity index (χ4n) is 1.85. The predicted octanol–water partition coefficient (Wildman–Crippen LogP) is 2.68. The van der Waals surface area contributed by atoms with E-state index in [0.29, 0.717) is 18.4 Å². The lowest BCUT2D eigenvalue weighted by atomic mass is 10.1. The first-order valence-corrected chi connectivity index (χ1v) is 6.26. The number of oxazole rings is 1. The maximum Gasteiger partial charge on any atom is 0.283 e. The van der Waals surface area contributed by atoms with Crippen molar-refractivity contribution in [1.82, 2.24) is 10.3 Å². The van der Waals surface area contributed by atoms with Gasteiger partial charge in [-0.15, -0.1) is 0 Å². The van der Waals surface area contributed by atoms with Gasteiger partial charge in [-0.05, 0) is 26.1 Å². The van der Waals surface area contributed by atoms with E-state index < -0.39 is 22.2 Å². The molecule has 0 saturated heterocycles. The number of rotatable bonds is 6. The minimum absolute atomic E-state index is 0.0417. The molecule has 0 amide bonds. The third-order valence-corrected chi connectivity index (χ3v) is 2.87. The van der Waals surface area contributed by atoms with E-state index in [1.807, 2.05) is 7.05 Å². The van der Waals surface area contributed by atoms with Gasteiger partial charge in [0.15, 0.2) is 23.3 Å². The smallest absolute Gasteiger partial charge is 0.283 e. The molecule has 0 aliphatic rings. The Hall–Kier alpha value is -2.35. The summed E-state index contributed by atoms with van der Waals surface area (Å²) in [4.78, 5) is 14.1. The summed E-state index contributed by atoms with van der Waals surface area (Å²) in [6.45, 7) is 0.767. The summed E-state index contributed by atoms with van der Waals surface area (Å²) in [5.41, 5.74) is -0.696. The van der Waals surface area contributed by atoms with Gasteiger partial charge in [-0.1, -0.05) is 0 Å². The van der Waals surface area contributed by atoms with Gasteiger partial charge in [-0.25, -0.2) is 13.8 Å². The highest BCUT2D eigenvalue weighted by atomic mass is 19.2. The van der Waals surface area contributed by atoms with Crippen LogP contribution < -0.4 is 5.32 Å². The Balaban J connectivity index is 2.33. The second-order valence-corrected chi connectivity index (χ2v) is 4.37. The quantitative estimate of drug-likeness (QED) is 0.503. The van der Waals surface area contributed by atoms with Crippen LogP contribution in [-0.4, -0.2) is 23.5 Å². The number of nitro groups is 1. The number of nitro benzene ring substituents is 1. The van der Waals surface area contributed by atoms with Crippen molar-refractivity contribution in [2.75, 3.05) is 13.6 Å². The molecule has 0 bridgehead atoms. The molecule has 1 heterocycles. The predicted molar refractivity (Wildman–Crippen MR) is 70.8 cm³/mol. The Morgan fingerprint density at radius 1 is 1.38 bits per heavy atom. The van der Waals surface area contributed by atoms with E-state index in [1.54, 1.807) is 0 Å². The first-order chi connectivity index (χ1) is 10.0. The Labute approximate surface area is 118 Å². The number of hydrogen-bond acceptors (Lipinski definition) is 5. The van der Waals surface area contributed by atoms with Crippen LogP contribution in [0, 0.1) is 21.7 Å². The Kier molecular flexibility index (Phi) is 4.59. The van der Waals surface area contributed by atoms with Crippen LogP contribution in [0.2, 0.25) is 0 Å². The van der Waals surface area contributed by atoms with E-state index in [2.05, 4.69) is 10.3 Å². The molecule has 21 heavy (non-hydrogen) atoms. The van der Waals surface area contributed by atoms with Crippen molar-refractivity contribution < 1.29 is 18.1 Å². The largest absolute Gasteiger partial charge is 0.440 e. The number of aryl methyl sites for hydroxylation is 1. The Morgan fingerprint density at radius 3 is 2.76 bits per heavy atom. The van der Waals surface area contributed by atoms with Crippen molar-refractivity contribution in [3.63, 3.8) is 0 Å². The van der Waals surface area contributed by atoms with Crippen molar-refractivity contribution in [3.05, 3.63) is 46.0 Å². The number of nitrogens with zero attached hydrogens (tertiary/aromatic N) is 2. The van der Waals surface area contributed by atoms with Crippen LogP contribution >= 0.6 is 0 Å². The molecule has 0 atom stereocenters. The minimum atomic E-state index is -1.28. The van der Waals surface area contributed by atoms with E-state index in [4.69, 9.17) is 4.42 Å². The lowest BCUT2D eigenvalue weighted by Gasteiger charge is -2.01. The molecule has 6 nitrogen and oxygen atoms in total. The maximum absolute atomic E-state index is 13.3. The van der Waals surface area contributed by atoms with Gasteiger partial charge in [0.1, 0.15) is 0 Å². The van der Waals surface area contributed by atoms with Crippen LogP contribution in [0.4, 0.5) is 14.5 Å². The van der Waals surface area contributed by atoms with Crippen LogP contribution in [0.15, 0.2) is 22.7 Å². The summed E-state index contributed by atoms with van der Waals surface area (Å²) < 4.78 is 31.8. The molecule has 112 valence electrons. The van der Waals surface area contributed by atoms with Gasteiger partial charge in [-0.2, -0.15) is 0 Å². The molecule has 1 aromatic carbocycles. The van der Waals surface area contributed by atoms with Crippen molar-refractivity contribution in [3.8, 4) is 11.3 Å². The van der Waals surface area contributed by atoms with Gasteiger partial charge < -0.3 is 9.73 Å². The van der Waals surface area contributed by atoms with Crippen molar-refractivity contribution in [2.45, 2.75) is 12.8 Å². The number of aromatic nitrogens is 1. The summed E-state index contributed by atoms with van der Waals surface area (Å²) in [7, 11) is 1.81. The van der Waals surface area contributed by atoms with E-state index in [0.717, 1.165) is 19.0 Å². The van der Waals surface area contributed by atoms with Gasteiger partial charge in [0.25, 0.3) is 5.69 Å². The molecule has 2 aromatic rings. The zero-order valence-electron chi connectivity index (χ0n) is 11.2. The highest BCUT2D eigenvalue weighted by molar-refractivity contribution is 5.69. The summed E-state index contributed by atoms with van der Waals surface area (Å²) in [6.07, 6.45) is 2.59. The molecule has 0 unspecified atom stereocenters. The van der Waals surface area contributed by atoms with Crippen molar-refractivity contribution in [1.29, 1.82) is 0 Å². The molecule has 0 spiro atoms. The fourth-order valence-corrected chi connectivity index (χ4v) is 1.85. The topological polar surface area (TPSA) is 81.2 Å². The van der Waals surface area contributed by atoms with Gasteiger partial charge in [0.2, 0.25) is 0 Å². The van der Waals surface area contributed by atoms with Gasteiger partial charge in [0, 0.05) is 6.42 Å². The van der Waals surface area contributed by atoms with Crippen molar-refractivity contribution >= 4 is 5.69 Å². The molecule has 0 aliphatic heterocycles. The summed E-state index contributed by atoms with van der Waals surface area (Å²) >= 11 is 0. The van der Waals surface area contributed by atoms with Crippen LogP contribution in [0.5, 0.6) is 0 Å². The van der Waals surface area contributed by atoms with Gasteiger partial charge in [-0.3, -0.25) is 10.1 Å². The third kappa shape index (κ3) is 3.40. The van der Waals surface area contributed by atoms with E-state index in [9.17, 15) is 18.9 Å². The lowest BCUT2D eigenvalue weighted by molar-refractivity contribution is -0.384. The molecule has 0 fully saturated rings. The summed E-state index contributed by atoms with van der Waals surface area (Å²) in [5.74, 6) is -2.03. The molecule has 1 N–H and O–H groups in total. The number of halogens is 2. The first-order valence-electron chi connectivity index (χ1n) is 6.26. The molecular formula is C13H13F2N3O3. The van der Waals surface area contributed by atoms with Gasteiger partial charge in [0.05, 0.1) is 22.7 Å². The lowest BCUT2D eigenvalue weighted by Crippen LogP contribution is -2.08. The Morgan fingerprint density at radius 2 is 2.10 bits per heavy atom. The van der Waals surface area contributed by atoms with Crippen LogP contribution in [-0.2, 0) is 6.42 Å². The monoisotopic (exact) mass is 297 g/mol. The molecular weight excluding hydrogens is 284 g/mol. The standard InChI is InChI=1S/C13H13F2N3O3/c1-16-4-2-3-13-17-7-12(21-13)8-5-9(14)10(15)6-11(8)18(19)20/h5-7,16H,2-4H2,1H3. The average molecular weight is 297 g/mol. The second kappa shape index (κ2) is 6.40. The summed E-state index contributed by atoms with van der Waals surface area (Å²) in [6, 6.07) is 1.28. The number of hydrogen-bond donors (Lipinski definition) is 1. The number of nitrogens with one attached hydrogen (secondary N) is 1. The molecule has 0 radical (unpaired) electrons. The third-order valence-electron chi connectivity index (χ3n) is 2.87. The van der Waals surface area contributed by atoms with Crippen LogP contribution in [0.3, 0.4) is 0 Å². The normalized spacial score (nSPS) is 10.8.